The fourth-order valence-corrected chi connectivity index (χ4v) is 2.70. The van der Waals surface area contributed by atoms with Crippen LogP contribution in [0.4, 0.5) is 0 Å². The lowest BCUT2D eigenvalue weighted by Gasteiger charge is -2.12. The highest BCUT2D eigenvalue weighted by Crippen LogP contribution is 2.43. The van der Waals surface area contributed by atoms with Crippen molar-refractivity contribution in [1.82, 2.24) is 0 Å². The second kappa shape index (κ2) is 7.32. The molecule has 0 aliphatic carbocycles. The van der Waals surface area contributed by atoms with Crippen LogP contribution in [0.15, 0.2) is 35.9 Å². The van der Waals surface area contributed by atoms with Gasteiger partial charge in [0.1, 0.15) is 12.4 Å². The molecule has 1 aromatic carbocycles. The molecule has 1 aliphatic heterocycles. The summed E-state index contributed by atoms with van der Waals surface area (Å²) < 4.78 is 11.6. The Kier molecular flexibility index (Phi) is 5.69. The number of rotatable bonds is 8. The van der Waals surface area contributed by atoms with Crippen LogP contribution in [0.3, 0.4) is 0 Å². The first-order valence-electron chi connectivity index (χ1n) is 8.54. The van der Waals surface area contributed by atoms with E-state index < -0.39 is 0 Å². The molecule has 0 N–H and O–H groups in total. The first-order valence-corrected chi connectivity index (χ1v) is 8.54. The zero-order valence-corrected chi connectivity index (χ0v) is 14.7. The maximum Gasteiger partial charge on any atom is 0.119 e. The lowest BCUT2D eigenvalue weighted by atomic mass is 9.92. The van der Waals surface area contributed by atoms with Gasteiger partial charge in [0.05, 0.1) is 11.7 Å². The smallest absolute Gasteiger partial charge is 0.119 e. The van der Waals surface area contributed by atoms with Gasteiger partial charge in [-0.1, -0.05) is 38.5 Å². The number of hydrogen-bond donors (Lipinski definition) is 0. The van der Waals surface area contributed by atoms with Crippen LogP contribution in [0.2, 0.25) is 0 Å². The van der Waals surface area contributed by atoms with Crippen molar-refractivity contribution in [2.75, 3.05) is 6.61 Å². The van der Waals surface area contributed by atoms with Gasteiger partial charge in [0.15, 0.2) is 0 Å². The molecule has 3 unspecified atom stereocenters. The highest BCUT2D eigenvalue weighted by Gasteiger charge is 2.50. The lowest BCUT2D eigenvalue weighted by molar-refractivity contribution is 0.295. The quantitative estimate of drug-likeness (QED) is 0.488. The number of hydrogen-bond acceptors (Lipinski definition) is 2. The van der Waals surface area contributed by atoms with Gasteiger partial charge in [-0.05, 0) is 62.8 Å². The van der Waals surface area contributed by atoms with E-state index >= 15 is 0 Å². The highest BCUT2D eigenvalue weighted by molar-refractivity contribution is 5.27. The van der Waals surface area contributed by atoms with Gasteiger partial charge in [-0.25, -0.2) is 0 Å². The fourth-order valence-electron chi connectivity index (χ4n) is 2.70. The molecular formula is C20H30O2. The summed E-state index contributed by atoms with van der Waals surface area (Å²) in [6, 6.07) is 8.36. The Labute approximate surface area is 135 Å². The van der Waals surface area contributed by atoms with Gasteiger partial charge in [0.2, 0.25) is 0 Å². The van der Waals surface area contributed by atoms with Gasteiger partial charge in [-0.3, -0.25) is 0 Å². The molecular weight excluding hydrogens is 272 g/mol. The third-order valence-corrected chi connectivity index (χ3v) is 5.07. The van der Waals surface area contributed by atoms with E-state index in [4.69, 9.17) is 9.47 Å². The molecule has 2 rings (SSSR count). The van der Waals surface area contributed by atoms with Crippen molar-refractivity contribution >= 4 is 0 Å². The van der Waals surface area contributed by atoms with Crippen LogP contribution in [0.25, 0.3) is 0 Å². The van der Waals surface area contributed by atoms with Crippen molar-refractivity contribution < 1.29 is 9.47 Å². The number of aryl methyl sites for hydroxylation is 1. The molecule has 0 radical (unpaired) electrons. The monoisotopic (exact) mass is 302 g/mol. The fraction of sp³-hybridized carbons (Fsp3) is 0.600. The third-order valence-electron chi connectivity index (χ3n) is 5.07. The minimum absolute atomic E-state index is 0.131. The van der Waals surface area contributed by atoms with Gasteiger partial charge < -0.3 is 9.47 Å². The second-order valence-corrected chi connectivity index (χ2v) is 6.67. The van der Waals surface area contributed by atoms with Crippen molar-refractivity contribution in [3.05, 3.63) is 41.5 Å². The maximum atomic E-state index is 5.81. The molecule has 0 aromatic heterocycles. The lowest BCUT2D eigenvalue weighted by Crippen LogP contribution is -2.11. The summed E-state index contributed by atoms with van der Waals surface area (Å²) in [5, 5.41) is 0. The Hall–Kier alpha value is -1.28. The molecule has 122 valence electrons. The summed E-state index contributed by atoms with van der Waals surface area (Å²) in [6.07, 6.45) is 5.90. The molecule has 0 spiro atoms. The zero-order chi connectivity index (χ0) is 16.2. The van der Waals surface area contributed by atoms with E-state index in [1.165, 1.54) is 11.1 Å². The first kappa shape index (κ1) is 17.1. The Morgan fingerprint density at radius 3 is 2.55 bits per heavy atom. The summed E-state index contributed by atoms with van der Waals surface area (Å²) in [5.74, 6) is 1.49. The molecule has 3 atom stereocenters. The maximum absolute atomic E-state index is 5.81. The van der Waals surface area contributed by atoms with E-state index in [1.54, 1.807) is 0 Å². The van der Waals surface area contributed by atoms with Crippen LogP contribution >= 0.6 is 0 Å². The van der Waals surface area contributed by atoms with Gasteiger partial charge in [-0.2, -0.15) is 0 Å². The standard InChI is InChI=1S/C20H30O2/c1-6-17-8-10-18(11-9-17)21-13-12-15(3)16(4)14-19-20(5,7-2)22-19/h8-12,16,19H,6-7,13-14H2,1-5H3/b15-12+. The van der Waals surface area contributed by atoms with E-state index in [-0.39, 0.29) is 5.60 Å². The number of benzene rings is 1. The largest absolute Gasteiger partial charge is 0.490 e. The Bertz CT molecular complexity index is 503. The Morgan fingerprint density at radius 2 is 2.00 bits per heavy atom. The van der Waals surface area contributed by atoms with Crippen molar-refractivity contribution in [1.29, 1.82) is 0 Å². The second-order valence-electron chi connectivity index (χ2n) is 6.67. The molecule has 1 heterocycles. The Morgan fingerprint density at radius 1 is 1.32 bits per heavy atom. The van der Waals surface area contributed by atoms with Crippen LogP contribution in [0.1, 0.15) is 53.0 Å². The summed E-state index contributed by atoms with van der Waals surface area (Å²) in [7, 11) is 0. The van der Waals surface area contributed by atoms with Crippen molar-refractivity contribution in [2.24, 2.45) is 5.92 Å². The van der Waals surface area contributed by atoms with E-state index in [1.807, 2.05) is 0 Å². The van der Waals surface area contributed by atoms with Crippen LogP contribution < -0.4 is 4.74 Å². The predicted molar refractivity (Wildman–Crippen MR) is 92.4 cm³/mol. The molecule has 2 nitrogen and oxygen atoms in total. The summed E-state index contributed by atoms with van der Waals surface area (Å²) >= 11 is 0. The number of ether oxygens (including phenoxy) is 2. The minimum Gasteiger partial charge on any atom is -0.490 e. The van der Waals surface area contributed by atoms with Crippen molar-refractivity contribution in [3.63, 3.8) is 0 Å². The minimum atomic E-state index is 0.131. The van der Waals surface area contributed by atoms with Crippen LogP contribution in [-0.4, -0.2) is 18.3 Å². The molecule has 1 aliphatic rings. The average molecular weight is 302 g/mol. The molecule has 1 fully saturated rings. The van der Waals surface area contributed by atoms with E-state index in [0.717, 1.165) is 25.0 Å². The number of epoxide rings is 1. The van der Waals surface area contributed by atoms with E-state index in [0.29, 0.717) is 18.6 Å². The van der Waals surface area contributed by atoms with Crippen LogP contribution in [0, 0.1) is 5.92 Å². The molecule has 2 heteroatoms. The van der Waals surface area contributed by atoms with Gasteiger partial charge in [0, 0.05) is 0 Å². The van der Waals surface area contributed by atoms with Crippen molar-refractivity contribution in [2.45, 2.75) is 65.6 Å². The normalized spacial score (nSPS) is 25.9. The van der Waals surface area contributed by atoms with Crippen LogP contribution in [0.5, 0.6) is 5.75 Å². The molecule has 22 heavy (non-hydrogen) atoms. The molecule has 1 saturated heterocycles. The average Bonchev–Trinajstić information content (AvgIpc) is 3.18. The molecule has 0 saturated carbocycles. The molecule has 1 aromatic rings. The van der Waals surface area contributed by atoms with E-state index in [9.17, 15) is 0 Å². The Balaban J connectivity index is 1.77. The summed E-state index contributed by atoms with van der Waals surface area (Å²) in [5.41, 5.74) is 2.86. The van der Waals surface area contributed by atoms with Gasteiger partial charge in [-0.15, -0.1) is 0 Å². The topological polar surface area (TPSA) is 21.8 Å². The SMILES string of the molecule is CCc1ccc(OC/C=C(\C)C(C)CC2OC2(C)CC)cc1. The first-order chi connectivity index (χ1) is 10.5. The summed E-state index contributed by atoms with van der Waals surface area (Å²) in [4.78, 5) is 0. The van der Waals surface area contributed by atoms with Gasteiger partial charge >= 0.3 is 0 Å². The predicted octanol–water partition coefficient (Wildman–Crippen LogP) is 5.17. The molecule has 0 bridgehead atoms. The molecule has 0 amide bonds. The zero-order valence-electron chi connectivity index (χ0n) is 14.7. The third kappa shape index (κ3) is 4.36. The van der Waals surface area contributed by atoms with Crippen LogP contribution in [-0.2, 0) is 11.2 Å². The summed E-state index contributed by atoms with van der Waals surface area (Å²) in [6.45, 7) is 11.7. The van der Waals surface area contributed by atoms with E-state index in [2.05, 4.69) is 65.0 Å². The highest BCUT2D eigenvalue weighted by atomic mass is 16.6. The number of allylic oxidation sites excluding steroid dienone is 1. The van der Waals surface area contributed by atoms with Gasteiger partial charge in [0.25, 0.3) is 0 Å². The van der Waals surface area contributed by atoms with Crippen molar-refractivity contribution in [3.8, 4) is 5.75 Å².